The molecule has 2 aromatic rings. The molecule has 0 aliphatic heterocycles. The highest BCUT2D eigenvalue weighted by molar-refractivity contribution is 5.28. The smallest absolute Gasteiger partial charge is 0.129 e. The quantitative estimate of drug-likeness (QED) is 0.910. The molecule has 0 aliphatic rings. The van der Waals surface area contributed by atoms with Crippen molar-refractivity contribution in [3.05, 3.63) is 65.0 Å². The Kier molecular flexibility index (Phi) is 4.17. The SMILES string of the molecule is Cc1ccc(C(O)COc2ccc(C)c(F)c2)cc1. The fourth-order valence-electron chi connectivity index (χ4n) is 1.72. The van der Waals surface area contributed by atoms with Crippen molar-refractivity contribution in [1.29, 1.82) is 0 Å². The zero-order valence-electron chi connectivity index (χ0n) is 11.1. The third-order valence-electron chi connectivity index (χ3n) is 3.01. The molecule has 0 fully saturated rings. The highest BCUT2D eigenvalue weighted by Gasteiger charge is 2.09. The van der Waals surface area contributed by atoms with Gasteiger partial charge in [0.05, 0.1) is 0 Å². The molecule has 2 rings (SSSR count). The van der Waals surface area contributed by atoms with Crippen molar-refractivity contribution in [3.63, 3.8) is 0 Å². The third kappa shape index (κ3) is 3.55. The van der Waals surface area contributed by atoms with Crippen LogP contribution in [0.3, 0.4) is 0 Å². The minimum Gasteiger partial charge on any atom is -0.490 e. The van der Waals surface area contributed by atoms with E-state index in [0.717, 1.165) is 11.1 Å². The molecule has 0 bridgehead atoms. The fourth-order valence-corrected chi connectivity index (χ4v) is 1.72. The second kappa shape index (κ2) is 5.85. The topological polar surface area (TPSA) is 29.5 Å². The number of hydrogen-bond donors (Lipinski definition) is 1. The summed E-state index contributed by atoms with van der Waals surface area (Å²) in [6.07, 6.45) is -0.718. The average Bonchev–Trinajstić information content (AvgIpc) is 2.40. The van der Waals surface area contributed by atoms with Gasteiger partial charge in [-0.3, -0.25) is 0 Å². The molecule has 2 aromatic carbocycles. The standard InChI is InChI=1S/C16H17FO2/c1-11-3-6-13(7-4-11)16(18)10-19-14-8-5-12(2)15(17)9-14/h3-9,16,18H,10H2,1-2H3. The van der Waals surface area contributed by atoms with Gasteiger partial charge in [0.1, 0.15) is 24.3 Å². The van der Waals surface area contributed by atoms with E-state index in [1.807, 2.05) is 31.2 Å². The van der Waals surface area contributed by atoms with E-state index in [1.165, 1.54) is 6.07 Å². The molecule has 0 spiro atoms. The minimum atomic E-state index is -0.718. The van der Waals surface area contributed by atoms with Crippen LogP contribution in [0, 0.1) is 19.7 Å². The molecule has 0 radical (unpaired) electrons. The third-order valence-corrected chi connectivity index (χ3v) is 3.01. The molecule has 0 aromatic heterocycles. The Morgan fingerprint density at radius 1 is 1.11 bits per heavy atom. The maximum Gasteiger partial charge on any atom is 0.129 e. The molecule has 0 aliphatic carbocycles. The van der Waals surface area contributed by atoms with E-state index in [9.17, 15) is 9.50 Å². The highest BCUT2D eigenvalue weighted by atomic mass is 19.1. The summed E-state index contributed by atoms with van der Waals surface area (Å²) >= 11 is 0. The van der Waals surface area contributed by atoms with Gasteiger partial charge in [-0.25, -0.2) is 4.39 Å². The van der Waals surface area contributed by atoms with E-state index in [1.54, 1.807) is 19.1 Å². The molecule has 0 heterocycles. The molecule has 3 heteroatoms. The fraction of sp³-hybridized carbons (Fsp3) is 0.250. The van der Waals surface area contributed by atoms with Gasteiger partial charge in [0.15, 0.2) is 0 Å². The first-order valence-electron chi connectivity index (χ1n) is 6.20. The van der Waals surface area contributed by atoms with E-state index < -0.39 is 6.10 Å². The summed E-state index contributed by atoms with van der Waals surface area (Å²) in [7, 11) is 0. The van der Waals surface area contributed by atoms with Crippen molar-refractivity contribution < 1.29 is 14.2 Å². The molecular formula is C16H17FO2. The molecule has 0 saturated carbocycles. The maximum absolute atomic E-state index is 13.3. The van der Waals surface area contributed by atoms with Crippen molar-refractivity contribution in [1.82, 2.24) is 0 Å². The number of rotatable bonds is 4. The van der Waals surface area contributed by atoms with Gasteiger partial charge in [0.2, 0.25) is 0 Å². The number of aliphatic hydroxyl groups is 1. The Hall–Kier alpha value is -1.87. The number of aryl methyl sites for hydroxylation is 2. The van der Waals surface area contributed by atoms with Crippen LogP contribution in [0.5, 0.6) is 5.75 Å². The first-order chi connectivity index (χ1) is 9.06. The lowest BCUT2D eigenvalue weighted by atomic mass is 10.1. The summed E-state index contributed by atoms with van der Waals surface area (Å²) < 4.78 is 18.7. The van der Waals surface area contributed by atoms with Gasteiger partial charge < -0.3 is 9.84 Å². The molecule has 0 amide bonds. The zero-order chi connectivity index (χ0) is 13.8. The van der Waals surface area contributed by atoms with Gasteiger partial charge in [-0.15, -0.1) is 0 Å². The van der Waals surface area contributed by atoms with Crippen LogP contribution in [0.1, 0.15) is 22.8 Å². The molecule has 100 valence electrons. The zero-order valence-corrected chi connectivity index (χ0v) is 11.1. The van der Waals surface area contributed by atoms with Crippen LogP contribution in [0.4, 0.5) is 4.39 Å². The van der Waals surface area contributed by atoms with E-state index in [2.05, 4.69) is 0 Å². The Balaban J connectivity index is 1.98. The molecule has 0 saturated heterocycles. The molecule has 1 unspecified atom stereocenters. The average molecular weight is 260 g/mol. The Bertz CT molecular complexity index is 549. The Labute approximate surface area is 112 Å². The maximum atomic E-state index is 13.3. The molecule has 1 atom stereocenters. The normalized spacial score (nSPS) is 12.2. The van der Waals surface area contributed by atoms with E-state index in [0.29, 0.717) is 11.3 Å². The van der Waals surface area contributed by atoms with Crippen LogP contribution in [-0.4, -0.2) is 11.7 Å². The monoisotopic (exact) mass is 260 g/mol. The van der Waals surface area contributed by atoms with Crippen LogP contribution in [0.2, 0.25) is 0 Å². The second-order valence-corrected chi connectivity index (χ2v) is 4.65. The predicted octanol–water partition coefficient (Wildman–Crippen LogP) is 3.55. The van der Waals surface area contributed by atoms with Crippen molar-refractivity contribution in [2.45, 2.75) is 20.0 Å². The van der Waals surface area contributed by atoms with Crippen molar-refractivity contribution in [2.24, 2.45) is 0 Å². The Morgan fingerprint density at radius 3 is 2.42 bits per heavy atom. The van der Waals surface area contributed by atoms with Gasteiger partial charge in [-0.1, -0.05) is 35.9 Å². The van der Waals surface area contributed by atoms with Crippen LogP contribution in [0.15, 0.2) is 42.5 Å². The molecule has 19 heavy (non-hydrogen) atoms. The summed E-state index contributed by atoms with van der Waals surface area (Å²) in [5.41, 5.74) is 2.50. The van der Waals surface area contributed by atoms with E-state index in [-0.39, 0.29) is 12.4 Å². The van der Waals surface area contributed by atoms with E-state index in [4.69, 9.17) is 4.74 Å². The lowest BCUT2D eigenvalue weighted by Gasteiger charge is -2.13. The first kappa shape index (κ1) is 13.6. The largest absolute Gasteiger partial charge is 0.490 e. The van der Waals surface area contributed by atoms with Crippen LogP contribution in [0.25, 0.3) is 0 Å². The number of halogens is 1. The predicted molar refractivity (Wildman–Crippen MR) is 72.8 cm³/mol. The van der Waals surface area contributed by atoms with Gasteiger partial charge in [-0.2, -0.15) is 0 Å². The van der Waals surface area contributed by atoms with Gasteiger partial charge in [-0.05, 0) is 31.0 Å². The summed E-state index contributed by atoms with van der Waals surface area (Å²) in [4.78, 5) is 0. The number of hydrogen-bond acceptors (Lipinski definition) is 2. The molecule has 1 N–H and O–H groups in total. The van der Waals surface area contributed by atoms with Crippen molar-refractivity contribution in [3.8, 4) is 5.75 Å². The summed E-state index contributed by atoms with van der Waals surface area (Å²) in [5.74, 6) is 0.122. The second-order valence-electron chi connectivity index (χ2n) is 4.65. The minimum absolute atomic E-state index is 0.103. The number of aliphatic hydroxyl groups excluding tert-OH is 1. The van der Waals surface area contributed by atoms with Gasteiger partial charge in [0.25, 0.3) is 0 Å². The van der Waals surface area contributed by atoms with E-state index >= 15 is 0 Å². The lowest BCUT2D eigenvalue weighted by Crippen LogP contribution is -2.09. The molecular weight excluding hydrogens is 243 g/mol. The first-order valence-corrected chi connectivity index (χ1v) is 6.20. The number of benzene rings is 2. The number of ether oxygens (including phenoxy) is 1. The molecule has 2 nitrogen and oxygen atoms in total. The Morgan fingerprint density at radius 2 is 1.79 bits per heavy atom. The van der Waals surface area contributed by atoms with Crippen LogP contribution < -0.4 is 4.74 Å². The highest BCUT2D eigenvalue weighted by Crippen LogP contribution is 2.19. The summed E-state index contributed by atoms with van der Waals surface area (Å²) in [6.45, 7) is 3.79. The van der Waals surface area contributed by atoms with Crippen LogP contribution in [-0.2, 0) is 0 Å². The lowest BCUT2D eigenvalue weighted by molar-refractivity contribution is 0.108. The summed E-state index contributed by atoms with van der Waals surface area (Å²) in [5, 5.41) is 9.98. The van der Waals surface area contributed by atoms with Crippen molar-refractivity contribution in [2.75, 3.05) is 6.61 Å². The summed E-state index contributed by atoms with van der Waals surface area (Å²) in [6, 6.07) is 12.3. The van der Waals surface area contributed by atoms with Crippen LogP contribution >= 0.6 is 0 Å². The van der Waals surface area contributed by atoms with Gasteiger partial charge in [0, 0.05) is 6.07 Å². The van der Waals surface area contributed by atoms with Gasteiger partial charge >= 0.3 is 0 Å². The van der Waals surface area contributed by atoms with Crippen molar-refractivity contribution >= 4 is 0 Å².